The van der Waals surface area contributed by atoms with Gasteiger partial charge >= 0.3 is 0 Å². The molecule has 1 fully saturated rings. The first-order valence-electron chi connectivity index (χ1n) is 10.4. The van der Waals surface area contributed by atoms with Crippen molar-refractivity contribution in [3.05, 3.63) is 46.0 Å². The minimum absolute atomic E-state index is 0.0606. The number of halogens is 3. The van der Waals surface area contributed by atoms with Gasteiger partial charge in [-0.05, 0) is 32.0 Å². The van der Waals surface area contributed by atoms with Crippen molar-refractivity contribution >= 4 is 40.7 Å². The lowest BCUT2D eigenvalue weighted by Gasteiger charge is -2.35. The van der Waals surface area contributed by atoms with Gasteiger partial charge in [0.05, 0.1) is 12.6 Å². The van der Waals surface area contributed by atoms with Gasteiger partial charge in [-0.1, -0.05) is 29.3 Å². The zero-order valence-electron chi connectivity index (χ0n) is 17.8. The number of anilines is 2. The molecular formula is C21H27Cl2FN6O2. The van der Waals surface area contributed by atoms with Crippen molar-refractivity contribution in [1.29, 1.82) is 0 Å². The van der Waals surface area contributed by atoms with Crippen LogP contribution in [0.2, 0.25) is 10.0 Å². The number of primary amides is 1. The number of nitrogens with one attached hydrogen (secondary N) is 1. The number of carbonyl (C=O) groups excluding carboxylic acids is 1. The minimum atomic E-state index is -0.658. The molecule has 1 saturated heterocycles. The Morgan fingerprint density at radius 3 is 2.72 bits per heavy atom. The maximum Gasteiger partial charge on any atom is 0.231 e. The van der Waals surface area contributed by atoms with Crippen LogP contribution in [-0.4, -0.2) is 64.7 Å². The van der Waals surface area contributed by atoms with Gasteiger partial charge in [-0.3, -0.25) is 9.69 Å². The van der Waals surface area contributed by atoms with E-state index < -0.39 is 17.8 Å². The number of hydrogen-bond acceptors (Lipinski definition) is 7. The van der Waals surface area contributed by atoms with Crippen molar-refractivity contribution in [2.24, 2.45) is 11.7 Å². The second-order valence-electron chi connectivity index (χ2n) is 7.77. The predicted octanol–water partition coefficient (Wildman–Crippen LogP) is 2.53. The summed E-state index contributed by atoms with van der Waals surface area (Å²) in [7, 11) is 0. The van der Waals surface area contributed by atoms with Gasteiger partial charge in [0.25, 0.3) is 0 Å². The molecule has 8 nitrogen and oxygen atoms in total. The maximum absolute atomic E-state index is 15.3. The second-order valence-corrected chi connectivity index (χ2v) is 8.59. The van der Waals surface area contributed by atoms with E-state index in [1.165, 1.54) is 6.33 Å². The number of carbonyl (C=O) groups is 1. The maximum atomic E-state index is 15.3. The van der Waals surface area contributed by atoms with Crippen LogP contribution in [0.3, 0.4) is 0 Å². The summed E-state index contributed by atoms with van der Waals surface area (Å²) in [5, 5.41) is 14.4. The molecule has 2 aromatic rings. The van der Waals surface area contributed by atoms with Gasteiger partial charge in [0, 0.05) is 47.7 Å². The van der Waals surface area contributed by atoms with E-state index >= 15 is 4.39 Å². The summed E-state index contributed by atoms with van der Waals surface area (Å²) in [5.74, 6) is -0.925. The van der Waals surface area contributed by atoms with E-state index in [-0.39, 0.29) is 24.1 Å². The van der Waals surface area contributed by atoms with Crippen molar-refractivity contribution in [1.82, 2.24) is 14.9 Å². The number of hydrogen-bond donors (Lipinski definition) is 3. The van der Waals surface area contributed by atoms with E-state index in [1.807, 2.05) is 11.8 Å². The number of nitrogens with zero attached hydrogens (tertiary/aromatic N) is 4. The predicted molar refractivity (Wildman–Crippen MR) is 123 cm³/mol. The highest BCUT2D eigenvalue weighted by Crippen LogP contribution is 2.29. The number of piperidine rings is 1. The molecule has 32 heavy (non-hydrogen) atoms. The Morgan fingerprint density at radius 1 is 1.38 bits per heavy atom. The summed E-state index contributed by atoms with van der Waals surface area (Å²) in [4.78, 5) is 22.8. The number of likely N-dealkylation sites (tertiary alicyclic amines) is 1. The van der Waals surface area contributed by atoms with E-state index in [9.17, 15) is 9.90 Å². The van der Waals surface area contributed by atoms with Crippen LogP contribution in [0.1, 0.15) is 18.9 Å². The molecule has 2 atom stereocenters. The van der Waals surface area contributed by atoms with Gasteiger partial charge in [0.1, 0.15) is 6.33 Å². The molecule has 2 heterocycles. The zero-order valence-corrected chi connectivity index (χ0v) is 19.3. The first kappa shape index (κ1) is 24.4. The van der Waals surface area contributed by atoms with Crippen molar-refractivity contribution in [2.75, 3.05) is 42.9 Å². The Bertz CT molecular complexity index is 930. The van der Waals surface area contributed by atoms with Crippen LogP contribution >= 0.6 is 23.2 Å². The number of amides is 1. The summed E-state index contributed by atoms with van der Waals surface area (Å²) in [6, 6.07) is 5.23. The first-order valence-corrected chi connectivity index (χ1v) is 11.2. The van der Waals surface area contributed by atoms with Crippen LogP contribution in [0.25, 0.3) is 0 Å². The Hall–Kier alpha value is -2.20. The monoisotopic (exact) mass is 484 g/mol. The van der Waals surface area contributed by atoms with Gasteiger partial charge in [0.2, 0.25) is 11.7 Å². The number of aromatic nitrogens is 2. The molecular weight excluding hydrogens is 458 g/mol. The van der Waals surface area contributed by atoms with E-state index in [4.69, 9.17) is 28.9 Å². The van der Waals surface area contributed by atoms with Gasteiger partial charge < -0.3 is 21.1 Å². The summed E-state index contributed by atoms with van der Waals surface area (Å²) in [6.07, 6.45) is 1.28. The number of nitrogens with two attached hydrogens (primary N) is 1. The number of aliphatic hydroxyl groups excluding tert-OH is 1. The third kappa shape index (κ3) is 5.98. The van der Waals surface area contributed by atoms with Crippen LogP contribution in [-0.2, 0) is 11.3 Å². The fourth-order valence-corrected chi connectivity index (χ4v) is 4.31. The number of benzene rings is 1. The highest BCUT2D eigenvalue weighted by atomic mass is 35.5. The van der Waals surface area contributed by atoms with E-state index in [2.05, 4.69) is 15.3 Å². The molecule has 1 unspecified atom stereocenters. The molecule has 1 aliphatic heterocycles. The summed E-state index contributed by atoms with van der Waals surface area (Å²) >= 11 is 12.5. The molecule has 0 bridgehead atoms. The average molecular weight is 485 g/mol. The lowest BCUT2D eigenvalue weighted by Crippen LogP contribution is -2.48. The van der Waals surface area contributed by atoms with E-state index in [0.29, 0.717) is 54.8 Å². The molecule has 11 heteroatoms. The van der Waals surface area contributed by atoms with Crippen molar-refractivity contribution in [3.8, 4) is 0 Å². The van der Waals surface area contributed by atoms with Gasteiger partial charge in [0.15, 0.2) is 11.6 Å². The molecule has 0 radical (unpaired) electrons. The molecule has 1 aromatic carbocycles. The molecule has 0 saturated carbocycles. The quantitative estimate of drug-likeness (QED) is 0.501. The molecule has 3 rings (SSSR count). The standard InChI is InChI=1S/C21H27Cl2FN6O2/c1-2-30(9-14-15(22)4-3-5-16(14)23)21-19(24)20(27-12-28-21)26-8-13-6-7-29(10-17(13)31)11-18(25)32/h3-5,12-13,17,31H,2,6-11H2,1H3,(H2,25,32)(H,26,27,28)/t13?,17-/m1/s1. The number of β-amino-alcohol motifs (C(OH)–C–C–N with tert-alkyl or cyclic N) is 1. The Labute approximate surface area is 196 Å². The normalized spacial score (nSPS) is 19.0. The van der Waals surface area contributed by atoms with Crippen LogP contribution < -0.4 is 16.0 Å². The molecule has 0 spiro atoms. The zero-order chi connectivity index (χ0) is 23.3. The van der Waals surface area contributed by atoms with Crippen LogP contribution in [0, 0.1) is 11.7 Å². The van der Waals surface area contributed by atoms with Crippen LogP contribution in [0.4, 0.5) is 16.0 Å². The lowest BCUT2D eigenvalue weighted by molar-refractivity contribution is -0.120. The number of rotatable bonds is 9. The van der Waals surface area contributed by atoms with Gasteiger partial charge in [-0.2, -0.15) is 4.39 Å². The summed E-state index contributed by atoms with van der Waals surface area (Å²) < 4.78 is 15.3. The van der Waals surface area contributed by atoms with Gasteiger partial charge in [-0.25, -0.2) is 9.97 Å². The molecule has 1 aliphatic rings. The summed E-state index contributed by atoms with van der Waals surface area (Å²) in [5.41, 5.74) is 5.91. The average Bonchev–Trinajstić information content (AvgIpc) is 2.74. The largest absolute Gasteiger partial charge is 0.391 e. The first-order chi connectivity index (χ1) is 15.3. The summed E-state index contributed by atoms with van der Waals surface area (Å²) in [6.45, 7) is 4.08. The Balaban J connectivity index is 1.68. The topological polar surface area (TPSA) is 108 Å². The minimum Gasteiger partial charge on any atom is -0.391 e. The van der Waals surface area contributed by atoms with Crippen molar-refractivity contribution in [2.45, 2.75) is 26.0 Å². The lowest BCUT2D eigenvalue weighted by atomic mass is 9.94. The van der Waals surface area contributed by atoms with Gasteiger partial charge in [-0.15, -0.1) is 0 Å². The Morgan fingerprint density at radius 2 is 2.09 bits per heavy atom. The fourth-order valence-electron chi connectivity index (χ4n) is 3.79. The Kier molecular flexibility index (Phi) is 8.47. The smallest absolute Gasteiger partial charge is 0.231 e. The molecule has 1 aromatic heterocycles. The van der Waals surface area contributed by atoms with Crippen LogP contribution in [0.5, 0.6) is 0 Å². The third-order valence-corrected chi connectivity index (χ3v) is 6.29. The number of aliphatic hydroxyl groups is 1. The highest BCUT2D eigenvalue weighted by molar-refractivity contribution is 6.36. The van der Waals surface area contributed by atoms with Crippen LogP contribution in [0.15, 0.2) is 24.5 Å². The second kappa shape index (κ2) is 11.1. The fraction of sp³-hybridized carbons (Fsp3) is 0.476. The molecule has 0 aliphatic carbocycles. The SMILES string of the molecule is CCN(Cc1c(Cl)cccc1Cl)c1ncnc(NCC2CCN(CC(N)=O)C[C@H]2O)c1F. The highest BCUT2D eigenvalue weighted by Gasteiger charge is 2.28. The molecule has 1 amide bonds. The molecule has 4 N–H and O–H groups in total. The van der Waals surface area contributed by atoms with Crippen molar-refractivity contribution in [3.63, 3.8) is 0 Å². The third-order valence-electron chi connectivity index (χ3n) is 5.58. The van der Waals surface area contributed by atoms with Crippen molar-refractivity contribution < 1.29 is 14.3 Å². The molecule has 174 valence electrons. The van der Waals surface area contributed by atoms with E-state index in [1.54, 1.807) is 23.1 Å². The van der Waals surface area contributed by atoms with E-state index in [0.717, 1.165) is 0 Å².